The molecule has 0 radical (unpaired) electrons. The van der Waals surface area contributed by atoms with Crippen LogP contribution in [-0.4, -0.2) is 9.30 Å². The van der Waals surface area contributed by atoms with Gasteiger partial charge in [-0.2, -0.15) is 5.26 Å². The largest absolute Gasteiger partial charge is 0.598 e. The van der Waals surface area contributed by atoms with Gasteiger partial charge >= 0.3 is 0 Å². The molecule has 1 unspecified atom stereocenters. The summed E-state index contributed by atoms with van der Waals surface area (Å²) in [5.41, 5.74) is 0.698. The van der Waals surface area contributed by atoms with E-state index in [0.29, 0.717) is 11.5 Å². The van der Waals surface area contributed by atoms with Crippen molar-refractivity contribution in [1.82, 2.24) is 4.72 Å². The number of rotatable bonds is 4. The molecule has 1 saturated carbocycles. The fourth-order valence-electron chi connectivity index (χ4n) is 1.68. The van der Waals surface area contributed by atoms with Crippen LogP contribution in [0.1, 0.15) is 50.1 Å². The van der Waals surface area contributed by atoms with Crippen LogP contribution in [0.4, 0.5) is 0 Å². The van der Waals surface area contributed by atoms with Gasteiger partial charge in [0.25, 0.3) is 0 Å². The summed E-state index contributed by atoms with van der Waals surface area (Å²) >= 11 is 0.516. The van der Waals surface area contributed by atoms with Crippen molar-refractivity contribution in [2.24, 2.45) is 5.92 Å². The second-order valence-electron chi connectivity index (χ2n) is 5.66. The highest BCUT2D eigenvalue weighted by Gasteiger charge is 2.39. The van der Waals surface area contributed by atoms with Crippen LogP contribution in [0.15, 0.2) is 11.4 Å². The van der Waals surface area contributed by atoms with Gasteiger partial charge in [-0.15, -0.1) is 16.1 Å². The second kappa shape index (κ2) is 5.22. The van der Waals surface area contributed by atoms with Crippen LogP contribution < -0.4 is 4.72 Å². The van der Waals surface area contributed by atoms with E-state index in [2.05, 4.69) is 10.8 Å². The van der Waals surface area contributed by atoms with Crippen LogP contribution in [0.5, 0.6) is 0 Å². The van der Waals surface area contributed by atoms with E-state index >= 15 is 0 Å². The minimum Gasteiger partial charge on any atom is -0.598 e. The maximum Gasteiger partial charge on any atom is 0.136 e. The summed E-state index contributed by atoms with van der Waals surface area (Å²) in [5.74, 6) is 0.571. The Hall–Kier alpha value is -0.540. The lowest BCUT2D eigenvalue weighted by Crippen LogP contribution is -2.41. The standard InChI is InChI=1S/C13H18N2OS2/c1-13(2,3)18(16)15-12(10-4-5-10)11-6-9(7-14)8-17-11/h6,8,10,12,15H,4-5H2,1-3H3/t12?,18-/m0/s1. The van der Waals surface area contributed by atoms with Gasteiger partial charge in [-0.1, -0.05) is 0 Å². The average molecular weight is 282 g/mol. The lowest BCUT2D eigenvalue weighted by Gasteiger charge is -2.27. The van der Waals surface area contributed by atoms with E-state index in [4.69, 9.17) is 5.26 Å². The summed E-state index contributed by atoms with van der Waals surface area (Å²) in [7, 11) is 0. The molecule has 5 heteroatoms. The lowest BCUT2D eigenvalue weighted by molar-refractivity contribution is 0.507. The highest BCUT2D eigenvalue weighted by atomic mass is 32.2. The maximum absolute atomic E-state index is 12.2. The summed E-state index contributed by atoms with van der Waals surface area (Å²) in [6.07, 6.45) is 2.36. The molecule has 1 aliphatic carbocycles. The van der Waals surface area contributed by atoms with E-state index in [0.717, 1.165) is 4.88 Å². The van der Waals surface area contributed by atoms with Crippen molar-refractivity contribution < 1.29 is 4.55 Å². The Labute approximate surface area is 116 Å². The third kappa shape index (κ3) is 3.27. The molecule has 1 heterocycles. The van der Waals surface area contributed by atoms with Crippen molar-refractivity contribution in [3.05, 3.63) is 21.9 Å². The predicted molar refractivity (Wildman–Crippen MR) is 75.5 cm³/mol. The van der Waals surface area contributed by atoms with E-state index in [1.807, 2.05) is 32.2 Å². The van der Waals surface area contributed by atoms with Gasteiger partial charge in [0.05, 0.1) is 11.6 Å². The summed E-state index contributed by atoms with van der Waals surface area (Å²) in [4.78, 5) is 1.13. The topological polar surface area (TPSA) is 58.9 Å². The fourth-order valence-corrected chi connectivity index (χ4v) is 3.64. The number of thiophene rings is 1. The Balaban J connectivity index is 2.12. The summed E-state index contributed by atoms with van der Waals surface area (Å²) in [6.45, 7) is 5.90. The van der Waals surface area contributed by atoms with Gasteiger partial charge in [0.15, 0.2) is 0 Å². The molecule has 0 saturated heterocycles. The first-order valence-corrected chi connectivity index (χ1v) is 8.11. The first kappa shape index (κ1) is 13.9. The quantitative estimate of drug-likeness (QED) is 0.863. The van der Waals surface area contributed by atoms with Crippen LogP contribution >= 0.6 is 11.3 Å². The normalized spacial score (nSPS) is 19.3. The third-order valence-corrected chi connectivity index (χ3v) is 5.54. The molecule has 2 rings (SSSR count). The maximum atomic E-state index is 12.2. The molecule has 98 valence electrons. The lowest BCUT2D eigenvalue weighted by atomic mass is 10.1. The van der Waals surface area contributed by atoms with Gasteiger partial charge in [0, 0.05) is 21.6 Å². The zero-order valence-electron chi connectivity index (χ0n) is 10.9. The summed E-state index contributed by atoms with van der Waals surface area (Å²) in [5, 5.41) is 10.7. The van der Waals surface area contributed by atoms with Crippen molar-refractivity contribution in [3.63, 3.8) is 0 Å². The van der Waals surface area contributed by atoms with Gasteiger partial charge < -0.3 is 4.55 Å². The van der Waals surface area contributed by atoms with Crippen LogP contribution in [0.25, 0.3) is 0 Å². The first-order valence-electron chi connectivity index (χ1n) is 6.08. The SMILES string of the molecule is CC(C)(C)[S@+]([O-])NC(c1cc(C#N)cs1)C1CC1. The van der Waals surface area contributed by atoms with Crippen molar-refractivity contribution in [2.45, 2.75) is 44.4 Å². The molecule has 3 nitrogen and oxygen atoms in total. The molecule has 0 amide bonds. The van der Waals surface area contributed by atoms with Crippen molar-refractivity contribution in [1.29, 1.82) is 5.26 Å². The van der Waals surface area contributed by atoms with Crippen molar-refractivity contribution in [3.8, 4) is 6.07 Å². The molecule has 1 aromatic rings. The molecular formula is C13H18N2OS2. The minimum atomic E-state index is -1.07. The molecule has 0 aliphatic heterocycles. The first-order chi connectivity index (χ1) is 8.41. The Morgan fingerprint density at radius 3 is 2.67 bits per heavy atom. The van der Waals surface area contributed by atoms with Gasteiger partial charge in [0.2, 0.25) is 0 Å². The highest BCUT2D eigenvalue weighted by molar-refractivity contribution is 7.90. The third-order valence-electron chi connectivity index (χ3n) is 2.94. The molecule has 0 aromatic carbocycles. The Morgan fingerprint density at radius 2 is 2.22 bits per heavy atom. The van der Waals surface area contributed by atoms with Crippen molar-refractivity contribution >= 4 is 22.7 Å². The zero-order chi connectivity index (χ0) is 13.3. The molecule has 0 bridgehead atoms. The minimum absolute atomic E-state index is 0.136. The van der Waals surface area contributed by atoms with Crippen LogP contribution in [0.3, 0.4) is 0 Å². The van der Waals surface area contributed by atoms with E-state index in [-0.39, 0.29) is 10.8 Å². The molecule has 0 spiro atoms. The molecule has 1 fully saturated rings. The van der Waals surface area contributed by atoms with Crippen LogP contribution in [-0.2, 0) is 11.4 Å². The summed E-state index contributed by atoms with van der Waals surface area (Å²) < 4.78 is 15.2. The van der Waals surface area contributed by atoms with Gasteiger partial charge in [-0.3, -0.25) is 0 Å². The van der Waals surface area contributed by atoms with Crippen molar-refractivity contribution in [2.75, 3.05) is 0 Å². The molecule has 18 heavy (non-hydrogen) atoms. The van der Waals surface area contributed by atoms with Crippen LogP contribution in [0.2, 0.25) is 0 Å². The number of nitrogens with zero attached hydrogens (tertiary/aromatic N) is 1. The average Bonchev–Trinajstić information content (AvgIpc) is 3.02. The second-order valence-corrected chi connectivity index (χ2v) is 8.60. The Kier molecular flexibility index (Phi) is 4.02. The van der Waals surface area contributed by atoms with E-state index in [9.17, 15) is 4.55 Å². The molecule has 1 aliphatic rings. The monoisotopic (exact) mass is 282 g/mol. The zero-order valence-corrected chi connectivity index (χ0v) is 12.5. The van der Waals surface area contributed by atoms with Gasteiger partial charge in [0.1, 0.15) is 10.8 Å². The number of hydrogen-bond donors (Lipinski definition) is 1. The molecule has 1 N–H and O–H groups in total. The van der Waals surface area contributed by atoms with Gasteiger partial charge in [-0.05, 0) is 45.6 Å². The predicted octanol–water partition coefficient (Wildman–Crippen LogP) is 3.12. The smallest absolute Gasteiger partial charge is 0.136 e. The van der Waals surface area contributed by atoms with E-state index in [1.165, 1.54) is 12.8 Å². The number of nitrogens with one attached hydrogen (secondary N) is 1. The van der Waals surface area contributed by atoms with E-state index in [1.54, 1.807) is 11.3 Å². The Bertz CT molecular complexity index is 454. The molecule has 2 atom stereocenters. The molecular weight excluding hydrogens is 264 g/mol. The number of hydrogen-bond acceptors (Lipinski definition) is 4. The Morgan fingerprint density at radius 1 is 1.56 bits per heavy atom. The number of nitriles is 1. The van der Waals surface area contributed by atoms with E-state index < -0.39 is 11.4 Å². The van der Waals surface area contributed by atoms with Crippen LogP contribution in [0, 0.1) is 17.2 Å². The summed E-state index contributed by atoms with van der Waals surface area (Å²) in [6, 6.07) is 4.21. The molecule has 1 aromatic heterocycles. The fraction of sp³-hybridized carbons (Fsp3) is 0.615. The van der Waals surface area contributed by atoms with Gasteiger partial charge in [-0.25, -0.2) is 0 Å². The highest BCUT2D eigenvalue weighted by Crippen LogP contribution is 2.43.